The van der Waals surface area contributed by atoms with Gasteiger partial charge in [0.2, 0.25) is 0 Å². The average Bonchev–Trinajstić information content (AvgIpc) is 3.84. The zero-order valence-corrected chi connectivity index (χ0v) is 30.8. The van der Waals surface area contributed by atoms with Crippen LogP contribution in [-0.2, 0) is 0 Å². The van der Waals surface area contributed by atoms with E-state index < -0.39 is 0 Å². The lowest BCUT2D eigenvalue weighted by atomic mass is 9.94. The van der Waals surface area contributed by atoms with E-state index in [0.29, 0.717) is 17.5 Å². The van der Waals surface area contributed by atoms with Crippen molar-refractivity contribution in [1.29, 1.82) is 0 Å². The monoisotopic (exact) mass is 732 g/mol. The molecule has 0 aliphatic heterocycles. The minimum Gasteiger partial charge on any atom is -0.456 e. The Morgan fingerprint density at radius 3 is 1.47 bits per heavy atom. The van der Waals surface area contributed by atoms with Gasteiger partial charge >= 0.3 is 0 Å². The second kappa shape index (κ2) is 13.3. The summed E-state index contributed by atoms with van der Waals surface area (Å²) < 4.78 is 12.4. The highest BCUT2D eigenvalue weighted by atomic mass is 16.3. The highest BCUT2D eigenvalue weighted by Crippen LogP contribution is 2.39. The van der Waals surface area contributed by atoms with Crippen molar-refractivity contribution < 1.29 is 8.83 Å². The Bertz CT molecular complexity index is 3180. The number of rotatable bonds is 6. The molecule has 0 atom stereocenters. The maximum atomic E-state index is 6.21. The SMILES string of the molecule is Cc1ccccc1-c1nc(-c2ccc(-c3cccnc3)cc2)nc(-c2cc(-c3ccc4oc5ccccc5c4c3)cc(-c3ccc4oc5ccccc5c4c3)c2)n1. The molecule has 0 fully saturated rings. The molecule has 11 aromatic rings. The molecule has 0 saturated heterocycles. The average molecular weight is 733 g/mol. The van der Waals surface area contributed by atoms with Gasteiger partial charge in [0.1, 0.15) is 22.3 Å². The number of nitrogens with zero attached hydrogens (tertiary/aromatic N) is 4. The Morgan fingerprint density at radius 1 is 0.351 bits per heavy atom. The maximum Gasteiger partial charge on any atom is 0.164 e. The number of furan rings is 2. The molecule has 0 N–H and O–H groups in total. The molecule has 268 valence electrons. The number of hydrogen-bond acceptors (Lipinski definition) is 6. The first-order valence-electron chi connectivity index (χ1n) is 18.9. The van der Waals surface area contributed by atoms with Gasteiger partial charge in [0.15, 0.2) is 17.5 Å². The van der Waals surface area contributed by atoms with Crippen molar-refractivity contribution in [2.75, 3.05) is 0 Å². The second-order valence-corrected chi connectivity index (χ2v) is 14.4. The van der Waals surface area contributed by atoms with E-state index >= 15 is 0 Å². The van der Waals surface area contributed by atoms with Gasteiger partial charge in [-0.2, -0.15) is 0 Å². The third-order valence-corrected chi connectivity index (χ3v) is 10.8. The predicted molar refractivity (Wildman–Crippen MR) is 230 cm³/mol. The Hall–Kier alpha value is -7.70. The number of pyridine rings is 1. The first-order valence-corrected chi connectivity index (χ1v) is 18.9. The first kappa shape index (κ1) is 32.7. The van der Waals surface area contributed by atoms with Gasteiger partial charge in [-0.1, -0.05) is 103 Å². The molecule has 4 heterocycles. The Kier molecular flexibility index (Phi) is 7.60. The zero-order chi connectivity index (χ0) is 37.9. The van der Waals surface area contributed by atoms with Gasteiger partial charge in [-0.25, -0.2) is 15.0 Å². The minimum atomic E-state index is 0.586. The van der Waals surface area contributed by atoms with Crippen LogP contribution < -0.4 is 0 Å². The standard InChI is InChI=1S/C51H32N4O2/c1-31-9-2-3-11-40(31)51-54-49(33-18-16-32(17-19-33)36-10-8-24-52-30-36)53-50(55-51)39-26-37(34-20-22-47-43(28-34)41-12-4-6-14-45(41)56-47)25-38(27-39)35-21-23-48-44(29-35)42-13-5-7-15-46(42)57-48/h2-30H,1H3. The van der Waals surface area contributed by atoms with Crippen molar-refractivity contribution in [3.63, 3.8) is 0 Å². The van der Waals surface area contributed by atoms with E-state index in [4.69, 9.17) is 23.8 Å². The molecule has 7 aromatic carbocycles. The molecule has 0 amide bonds. The molecule has 6 heteroatoms. The Labute approximate surface area is 327 Å². The van der Waals surface area contributed by atoms with Crippen LogP contribution in [0.4, 0.5) is 0 Å². The van der Waals surface area contributed by atoms with E-state index in [1.807, 2.05) is 48.7 Å². The number of hydrogen-bond donors (Lipinski definition) is 0. The molecule has 0 spiro atoms. The molecule has 11 rings (SSSR count). The van der Waals surface area contributed by atoms with Gasteiger partial charge in [0.05, 0.1) is 0 Å². The van der Waals surface area contributed by atoms with Gasteiger partial charge in [-0.3, -0.25) is 4.98 Å². The number of benzene rings is 7. The molecule has 0 aliphatic carbocycles. The summed E-state index contributed by atoms with van der Waals surface area (Å²) in [5.74, 6) is 1.80. The van der Waals surface area contributed by atoms with Crippen LogP contribution in [0.25, 0.3) is 111 Å². The van der Waals surface area contributed by atoms with Crippen molar-refractivity contribution in [3.8, 4) is 67.5 Å². The minimum absolute atomic E-state index is 0.586. The van der Waals surface area contributed by atoms with E-state index in [1.165, 1.54) is 0 Å². The summed E-state index contributed by atoms with van der Waals surface area (Å²) in [7, 11) is 0. The van der Waals surface area contributed by atoms with E-state index in [2.05, 4.69) is 133 Å². The van der Waals surface area contributed by atoms with Crippen LogP contribution >= 0.6 is 0 Å². The first-order chi connectivity index (χ1) is 28.1. The van der Waals surface area contributed by atoms with E-state index in [-0.39, 0.29) is 0 Å². The molecule has 0 aliphatic rings. The van der Waals surface area contributed by atoms with Gasteiger partial charge in [0.25, 0.3) is 0 Å². The summed E-state index contributed by atoms with van der Waals surface area (Å²) in [6, 6.07) is 56.3. The largest absolute Gasteiger partial charge is 0.456 e. The lowest BCUT2D eigenvalue weighted by Gasteiger charge is -2.13. The van der Waals surface area contributed by atoms with Crippen molar-refractivity contribution in [2.45, 2.75) is 6.92 Å². The predicted octanol–water partition coefficient (Wildman–Crippen LogP) is 13.4. The lowest BCUT2D eigenvalue weighted by Crippen LogP contribution is -2.01. The van der Waals surface area contributed by atoms with Crippen LogP contribution in [0.2, 0.25) is 0 Å². The normalized spacial score (nSPS) is 11.6. The molecule has 0 unspecified atom stereocenters. The summed E-state index contributed by atoms with van der Waals surface area (Å²) in [5, 5.41) is 4.31. The topological polar surface area (TPSA) is 77.8 Å². The van der Waals surface area contributed by atoms with Gasteiger partial charge in [0, 0.05) is 50.6 Å². The summed E-state index contributed by atoms with van der Waals surface area (Å²) in [6.07, 6.45) is 3.66. The molecular formula is C51H32N4O2. The number of aromatic nitrogens is 4. The van der Waals surface area contributed by atoms with Crippen LogP contribution in [0, 0.1) is 6.92 Å². The molecule has 4 aromatic heterocycles. The third kappa shape index (κ3) is 5.83. The number of para-hydroxylation sites is 2. The van der Waals surface area contributed by atoms with Gasteiger partial charge < -0.3 is 8.83 Å². The highest BCUT2D eigenvalue weighted by molar-refractivity contribution is 6.07. The van der Waals surface area contributed by atoms with Crippen LogP contribution in [0.1, 0.15) is 5.56 Å². The zero-order valence-electron chi connectivity index (χ0n) is 30.8. The molecule has 57 heavy (non-hydrogen) atoms. The molecule has 0 bridgehead atoms. The second-order valence-electron chi connectivity index (χ2n) is 14.4. The Morgan fingerprint density at radius 2 is 0.860 bits per heavy atom. The van der Waals surface area contributed by atoms with Gasteiger partial charge in [-0.05, 0) is 107 Å². The van der Waals surface area contributed by atoms with Crippen LogP contribution in [0.5, 0.6) is 0 Å². The van der Waals surface area contributed by atoms with Crippen molar-refractivity contribution in [2.24, 2.45) is 0 Å². The number of fused-ring (bicyclic) bond motifs is 6. The van der Waals surface area contributed by atoms with Crippen LogP contribution in [0.15, 0.2) is 185 Å². The number of aryl methyl sites for hydroxylation is 1. The smallest absolute Gasteiger partial charge is 0.164 e. The molecule has 0 radical (unpaired) electrons. The fourth-order valence-corrected chi connectivity index (χ4v) is 7.82. The van der Waals surface area contributed by atoms with E-state index in [0.717, 1.165) is 99.5 Å². The highest BCUT2D eigenvalue weighted by Gasteiger charge is 2.18. The van der Waals surface area contributed by atoms with E-state index in [1.54, 1.807) is 6.20 Å². The maximum absolute atomic E-state index is 6.21. The molecule has 0 saturated carbocycles. The van der Waals surface area contributed by atoms with E-state index in [9.17, 15) is 0 Å². The quantitative estimate of drug-likeness (QED) is 0.169. The third-order valence-electron chi connectivity index (χ3n) is 10.8. The molecule has 6 nitrogen and oxygen atoms in total. The Balaban J connectivity index is 1.12. The van der Waals surface area contributed by atoms with Crippen LogP contribution in [0.3, 0.4) is 0 Å². The summed E-state index contributed by atoms with van der Waals surface area (Å²) >= 11 is 0. The summed E-state index contributed by atoms with van der Waals surface area (Å²) in [5.41, 5.74) is 13.6. The molecular weight excluding hydrogens is 701 g/mol. The van der Waals surface area contributed by atoms with Crippen molar-refractivity contribution >= 4 is 43.9 Å². The summed E-state index contributed by atoms with van der Waals surface area (Å²) in [6.45, 7) is 2.09. The van der Waals surface area contributed by atoms with Gasteiger partial charge in [-0.15, -0.1) is 0 Å². The van der Waals surface area contributed by atoms with Crippen molar-refractivity contribution in [3.05, 3.63) is 182 Å². The fourth-order valence-electron chi connectivity index (χ4n) is 7.82. The van der Waals surface area contributed by atoms with Crippen LogP contribution in [-0.4, -0.2) is 19.9 Å². The van der Waals surface area contributed by atoms with Crippen molar-refractivity contribution in [1.82, 2.24) is 19.9 Å². The summed E-state index contributed by atoms with van der Waals surface area (Å²) in [4.78, 5) is 19.8. The lowest BCUT2D eigenvalue weighted by molar-refractivity contribution is 0.668. The fraction of sp³-hybridized carbons (Fsp3) is 0.0196.